The van der Waals surface area contributed by atoms with Crippen LogP contribution in [0.3, 0.4) is 0 Å². The van der Waals surface area contributed by atoms with E-state index in [1.807, 2.05) is 12.2 Å². The van der Waals surface area contributed by atoms with Crippen LogP contribution < -0.4 is 0 Å². The summed E-state index contributed by atoms with van der Waals surface area (Å²) < 4.78 is 16.8. The average molecular weight is 1050 g/mol. The molecule has 6 heteroatoms. The number of unbranched alkanes of at least 4 members (excludes halogenated alkanes) is 16. The Kier molecular flexibility index (Phi) is 58.5. The van der Waals surface area contributed by atoms with Crippen LogP contribution in [0.15, 0.2) is 158 Å². The van der Waals surface area contributed by atoms with Crippen molar-refractivity contribution in [3.63, 3.8) is 0 Å². The lowest BCUT2D eigenvalue weighted by molar-refractivity contribution is -0.166. The molecule has 0 bridgehead atoms. The zero-order chi connectivity index (χ0) is 55.0. The predicted molar refractivity (Wildman–Crippen MR) is 329 cm³/mol. The van der Waals surface area contributed by atoms with Crippen molar-refractivity contribution in [2.45, 2.75) is 252 Å². The van der Waals surface area contributed by atoms with Crippen molar-refractivity contribution >= 4 is 17.9 Å². The van der Waals surface area contributed by atoms with Crippen LogP contribution in [-0.4, -0.2) is 37.2 Å². The summed E-state index contributed by atoms with van der Waals surface area (Å²) in [5.74, 6) is -1.04. The average Bonchev–Trinajstić information content (AvgIpc) is 3.42. The summed E-state index contributed by atoms with van der Waals surface area (Å²) >= 11 is 0. The van der Waals surface area contributed by atoms with Crippen molar-refractivity contribution in [1.29, 1.82) is 0 Å². The Morgan fingerprint density at radius 3 is 0.882 bits per heavy atom. The molecule has 0 radical (unpaired) electrons. The van der Waals surface area contributed by atoms with Crippen LogP contribution in [0.25, 0.3) is 0 Å². The molecule has 76 heavy (non-hydrogen) atoms. The van der Waals surface area contributed by atoms with E-state index < -0.39 is 6.10 Å². The molecule has 0 heterocycles. The third kappa shape index (κ3) is 59.9. The van der Waals surface area contributed by atoms with Crippen LogP contribution in [-0.2, 0) is 28.6 Å². The van der Waals surface area contributed by atoms with E-state index in [4.69, 9.17) is 14.2 Å². The number of hydrogen-bond acceptors (Lipinski definition) is 6. The molecule has 0 aliphatic heterocycles. The third-order valence-corrected chi connectivity index (χ3v) is 12.3. The van der Waals surface area contributed by atoms with Gasteiger partial charge in [0, 0.05) is 19.3 Å². The number of allylic oxidation sites excluding steroid dienone is 26. The van der Waals surface area contributed by atoms with Gasteiger partial charge in [-0.15, -0.1) is 0 Å². The molecule has 0 aliphatic carbocycles. The molecule has 6 nitrogen and oxygen atoms in total. The summed E-state index contributed by atoms with van der Waals surface area (Å²) in [5, 5.41) is 0. The number of carbonyl (C=O) groups excluding carboxylic acids is 3. The summed E-state index contributed by atoms with van der Waals surface area (Å²) in [6, 6.07) is 0. The minimum atomic E-state index is -0.826. The quantitative estimate of drug-likeness (QED) is 0.0261. The van der Waals surface area contributed by atoms with Gasteiger partial charge in [-0.3, -0.25) is 14.4 Å². The molecule has 0 aromatic rings. The van der Waals surface area contributed by atoms with Gasteiger partial charge in [0.05, 0.1) is 0 Å². The van der Waals surface area contributed by atoms with Gasteiger partial charge in [0.2, 0.25) is 0 Å². The molecule has 1 unspecified atom stereocenters. The Balaban J connectivity index is 4.41. The lowest BCUT2D eigenvalue weighted by Crippen LogP contribution is -2.30. The minimum absolute atomic E-state index is 0.122. The molecule has 426 valence electrons. The lowest BCUT2D eigenvalue weighted by atomic mass is 10.0. The minimum Gasteiger partial charge on any atom is -0.462 e. The summed E-state index contributed by atoms with van der Waals surface area (Å²) in [6.07, 6.45) is 91.2. The van der Waals surface area contributed by atoms with E-state index >= 15 is 0 Å². The van der Waals surface area contributed by atoms with Crippen molar-refractivity contribution in [1.82, 2.24) is 0 Å². The largest absolute Gasteiger partial charge is 0.462 e. The maximum Gasteiger partial charge on any atom is 0.306 e. The Labute approximate surface area is 467 Å². The highest BCUT2D eigenvalue weighted by Crippen LogP contribution is 2.15. The molecule has 0 fully saturated rings. The van der Waals surface area contributed by atoms with Gasteiger partial charge in [-0.2, -0.15) is 0 Å². The van der Waals surface area contributed by atoms with Gasteiger partial charge in [-0.1, -0.05) is 269 Å². The van der Waals surface area contributed by atoms with E-state index in [0.717, 1.165) is 128 Å². The van der Waals surface area contributed by atoms with E-state index in [1.54, 1.807) is 0 Å². The molecule has 0 saturated heterocycles. The highest BCUT2D eigenvalue weighted by molar-refractivity contribution is 5.71. The number of rotatable bonds is 53. The van der Waals surface area contributed by atoms with Gasteiger partial charge in [-0.05, 0) is 116 Å². The Hall–Kier alpha value is -4.97. The van der Waals surface area contributed by atoms with Crippen LogP contribution in [0.4, 0.5) is 0 Å². The molecule has 0 saturated carbocycles. The highest BCUT2D eigenvalue weighted by atomic mass is 16.6. The standard InChI is InChI=1S/C70H110O6/c1-4-7-10-13-16-19-22-25-27-28-29-30-31-32-33-34-35-36-37-38-39-40-41-42-43-46-48-51-54-57-60-63-69(72)75-66-67(65-74-68(71)62-59-56-53-50-47-44-24-21-18-15-12-9-6-3)76-70(73)64-61-58-55-52-49-45-26-23-20-17-14-11-8-5-2/h7,9-10,12,16,18-19,21,25,27,29-30,32-33,35-36,38-39,41-42,44,46-48,53,56,67H,4-6,8,11,13-15,17,20,22-24,26,28,31,34,37,40,43,45,49-52,54-55,57-66H2,1-3H3/b10-7-,12-9-,19-16-,21-18-,27-25-,30-29-,33-32-,36-35-,39-38-,42-41-,47-44-,48-46-,56-53-. The van der Waals surface area contributed by atoms with Crippen molar-refractivity contribution < 1.29 is 28.6 Å². The van der Waals surface area contributed by atoms with E-state index in [2.05, 4.69) is 167 Å². The highest BCUT2D eigenvalue weighted by Gasteiger charge is 2.19. The molecule has 0 aliphatic rings. The number of hydrogen-bond donors (Lipinski definition) is 0. The first kappa shape index (κ1) is 71.0. The molecular formula is C70H110O6. The molecule has 1 atom stereocenters. The molecular weight excluding hydrogens is 937 g/mol. The van der Waals surface area contributed by atoms with Gasteiger partial charge in [0.1, 0.15) is 13.2 Å². The Bertz CT molecular complexity index is 1720. The summed E-state index contributed by atoms with van der Waals surface area (Å²) in [7, 11) is 0. The van der Waals surface area contributed by atoms with Crippen molar-refractivity contribution in [2.24, 2.45) is 0 Å². The lowest BCUT2D eigenvalue weighted by Gasteiger charge is -2.18. The Morgan fingerprint density at radius 1 is 0.276 bits per heavy atom. The fourth-order valence-corrected chi connectivity index (χ4v) is 7.80. The van der Waals surface area contributed by atoms with Crippen LogP contribution in [0, 0.1) is 0 Å². The zero-order valence-corrected chi connectivity index (χ0v) is 48.7. The SMILES string of the molecule is CC/C=C\C/C=C\C/C=C\C/C=C\C/C=C\C/C=C\C/C=C\C/C=C\C/C=C\CCCCCC(=O)OCC(COC(=O)CC/C=C\C/C=C\C/C=C\C/C=C\CC)OC(=O)CCCCCCCCCCCCCCCC. The monoisotopic (exact) mass is 1050 g/mol. The maximum atomic E-state index is 12.8. The number of carbonyl (C=O) groups is 3. The van der Waals surface area contributed by atoms with E-state index in [1.165, 1.54) is 70.6 Å². The smallest absolute Gasteiger partial charge is 0.306 e. The summed E-state index contributed by atoms with van der Waals surface area (Å²) in [5.41, 5.74) is 0. The second-order valence-electron chi connectivity index (χ2n) is 19.5. The van der Waals surface area contributed by atoms with Gasteiger partial charge < -0.3 is 14.2 Å². The van der Waals surface area contributed by atoms with Crippen molar-refractivity contribution in [3.8, 4) is 0 Å². The predicted octanol–water partition coefficient (Wildman–Crippen LogP) is 20.9. The van der Waals surface area contributed by atoms with Crippen LogP contribution in [0.1, 0.15) is 245 Å². The van der Waals surface area contributed by atoms with Gasteiger partial charge >= 0.3 is 17.9 Å². The first-order valence-electron chi connectivity index (χ1n) is 30.5. The van der Waals surface area contributed by atoms with Crippen LogP contribution in [0.5, 0.6) is 0 Å². The Morgan fingerprint density at radius 2 is 0.539 bits per heavy atom. The van der Waals surface area contributed by atoms with Crippen molar-refractivity contribution in [2.75, 3.05) is 13.2 Å². The molecule has 0 aromatic carbocycles. The van der Waals surface area contributed by atoms with Gasteiger partial charge in [0.25, 0.3) is 0 Å². The molecule has 0 N–H and O–H groups in total. The van der Waals surface area contributed by atoms with E-state index in [9.17, 15) is 14.4 Å². The second-order valence-corrected chi connectivity index (χ2v) is 19.5. The normalized spacial score (nSPS) is 13.2. The van der Waals surface area contributed by atoms with Crippen LogP contribution in [0.2, 0.25) is 0 Å². The second kappa shape index (κ2) is 62.6. The van der Waals surface area contributed by atoms with E-state index in [-0.39, 0.29) is 37.5 Å². The fourth-order valence-electron chi connectivity index (χ4n) is 7.80. The number of esters is 3. The molecule has 0 amide bonds. The molecule has 0 rings (SSSR count). The topological polar surface area (TPSA) is 78.9 Å². The summed E-state index contributed by atoms with van der Waals surface area (Å²) in [6.45, 7) is 6.31. The van der Waals surface area contributed by atoms with Crippen LogP contribution >= 0.6 is 0 Å². The van der Waals surface area contributed by atoms with Gasteiger partial charge in [-0.25, -0.2) is 0 Å². The van der Waals surface area contributed by atoms with Gasteiger partial charge in [0.15, 0.2) is 6.10 Å². The third-order valence-electron chi connectivity index (χ3n) is 12.3. The summed E-state index contributed by atoms with van der Waals surface area (Å²) in [4.78, 5) is 38.1. The maximum absolute atomic E-state index is 12.8. The van der Waals surface area contributed by atoms with E-state index in [0.29, 0.717) is 19.3 Å². The van der Waals surface area contributed by atoms with Crippen molar-refractivity contribution in [3.05, 3.63) is 158 Å². The number of ether oxygens (including phenoxy) is 3. The first-order valence-corrected chi connectivity index (χ1v) is 30.5. The fraction of sp³-hybridized carbons (Fsp3) is 0.586. The molecule has 0 aromatic heterocycles. The zero-order valence-electron chi connectivity index (χ0n) is 48.7. The first-order chi connectivity index (χ1) is 37.5. The molecule has 0 spiro atoms.